The Morgan fingerprint density at radius 1 is 1.29 bits per heavy atom. The van der Waals surface area contributed by atoms with Crippen molar-refractivity contribution in [2.45, 2.75) is 11.8 Å². The number of nitrogens with one attached hydrogen (secondary N) is 1. The van der Waals surface area contributed by atoms with Crippen LogP contribution in [0.4, 0.5) is 5.13 Å². The van der Waals surface area contributed by atoms with Crippen LogP contribution in [0.25, 0.3) is 5.69 Å². The van der Waals surface area contributed by atoms with Crippen LogP contribution in [-0.2, 0) is 16.1 Å². The summed E-state index contributed by atoms with van der Waals surface area (Å²) in [6, 6.07) is 9.71. The van der Waals surface area contributed by atoms with E-state index in [1.54, 1.807) is 12.6 Å². The number of carbonyl (C=O) groups excluding carboxylic acids is 1. The van der Waals surface area contributed by atoms with Crippen molar-refractivity contribution in [3.8, 4) is 5.69 Å². The zero-order valence-electron chi connectivity index (χ0n) is 12.7. The molecule has 1 N–H and O–H groups in total. The van der Waals surface area contributed by atoms with Crippen molar-refractivity contribution >= 4 is 34.1 Å². The maximum atomic E-state index is 12.0. The first-order valence-corrected chi connectivity index (χ1v) is 8.82. The first kappa shape index (κ1) is 16.6. The highest BCUT2D eigenvalue weighted by molar-refractivity contribution is 7.99. The highest BCUT2D eigenvalue weighted by atomic mass is 32.2. The van der Waals surface area contributed by atoms with Gasteiger partial charge in [-0.3, -0.25) is 14.7 Å². The maximum Gasteiger partial charge on any atom is 0.236 e. The molecule has 0 fully saturated rings. The van der Waals surface area contributed by atoms with E-state index < -0.39 is 0 Å². The summed E-state index contributed by atoms with van der Waals surface area (Å²) in [6.45, 7) is 0.333. The molecule has 3 aromatic rings. The van der Waals surface area contributed by atoms with E-state index >= 15 is 0 Å². The van der Waals surface area contributed by atoms with Crippen molar-refractivity contribution in [3.63, 3.8) is 0 Å². The van der Waals surface area contributed by atoms with Crippen LogP contribution in [0.5, 0.6) is 0 Å². The zero-order valence-corrected chi connectivity index (χ0v) is 14.4. The number of carbonyl (C=O) groups is 1. The van der Waals surface area contributed by atoms with Gasteiger partial charge in [-0.2, -0.15) is 0 Å². The fourth-order valence-electron chi connectivity index (χ4n) is 1.97. The van der Waals surface area contributed by atoms with Gasteiger partial charge in [-0.05, 0) is 12.1 Å². The average Bonchev–Trinajstić information content (AvgIpc) is 3.24. The predicted molar refractivity (Wildman–Crippen MR) is 91.3 cm³/mol. The molecule has 1 amide bonds. The van der Waals surface area contributed by atoms with Gasteiger partial charge in [-0.15, -0.1) is 20.4 Å². The van der Waals surface area contributed by atoms with Gasteiger partial charge in [0.05, 0.1) is 5.75 Å². The fourth-order valence-corrected chi connectivity index (χ4v) is 3.20. The van der Waals surface area contributed by atoms with Crippen LogP contribution in [0.2, 0.25) is 0 Å². The first-order valence-electron chi connectivity index (χ1n) is 6.95. The molecule has 8 nitrogen and oxygen atoms in total. The number of rotatable bonds is 7. The summed E-state index contributed by atoms with van der Waals surface area (Å²) in [5.41, 5.74) is 2.48. The number of ether oxygens (including phenoxy) is 1. The van der Waals surface area contributed by atoms with E-state index in [2.05, 4.69) is 25.7 Å². The van der Waals surface area contributed by atoms with Gasteiger partial charge >= 0.3 is 0 Å². The molecule has 2 aromatic heterocycles. The topological polar surface area (TPSA) is 94.8 Å². The second-order valence-corrected chi connectivity index (χ2v) is 6.36. The molecular formula is C14H14N6O2S2. The van der Waals surface area contributed by atoms with E-state index in [0.29, 0.717) is 22.7 Å². The van der Waals surface area contributed by atoms with Gasteiger partial charge in [0.1, 0.15) is 12.1 Å². The summed E-state index contributed by atoms with van der Waals surface area (Å²) in [4.78, 5) is 12.0. The largest absolute Gasteiger partial charge is 0.377 e. The number of nitrogens with zero attached hydrogens (tertiary/aromatic N) is 5. The minimum Gasteiger partial charge on any atom is -0.377 e. The number of hydrogen-bond acceptors (Lipinski definition) is 8. The van der Waals surface area contributed by atoms with Crippen molar-refractivity contribution in [3.05, 3.63) is 41.7 Å². The Bertz CT molecular complexity index is 791. The van der Waals surface area contributed by atoms with E-state index in [0.717, 1.165) is 5.69 Å². The highest BCUT2D eigenvalue weighted by Crippen LogP contribution is 2.22. The SMILES string of the molecule is COCc1nnc(SCC(=O)Nc2nncs2)n1-c1ccccc1. The number of thioether (sulfide) groups is 1. The minimum absolute atomic E-state index is 0.173. The van der Waals surface area contributed by atoms with Crippen LogP contribution in [0, 0.1) is 0 Å². The average molecular weight is 362 g/mol. The molecule has 3 rings (SSSR count). The Hall–Kier alpha value is -2.30. The van der Waals surface area contributed by atoms with E-state index in [1.807, 2.05) is 34.9 Å². The molecule has 124 valence electrons. The quantitative estimate of drug-likeness (QED) is 0.642. The highest BCUT2D eigenvalue weighted by Gasteiger charge is 2.16. The fraction of sp³-hybridized carbons (Fsp3) is 0.214. The summed E-state index contributed by atoms with van der Waals surface area (Å²) in [5, 5.41) is 19.6. The van der Waals surface area contributed by atoms with E-state index in [4.69, 9.17) is 4.74 Å². The molecule has 1 aromatic carbocycles. The number of hydrogen-bond donors (Lipinski definition) is 1. The minimum atomic E-state index is -0.173. The molecule has 0 saturated carbocycles. The summed E-state index contributed by atoms with van der Waals surface area (Å²) < 4.78 is 7.05. The van der Waals surface area contributed by atoms with E-state index in [-0.39, 0.29) is 11.7 Å². The zero-order chi connectivity index (χ0) is 16.8. The lowest BCUT2D eigenvalue weighted by Gasteiger charge is -2.09. The molecule has 0 spiro atoms. The van der Waals surface area contributed by atoms with Crippen molar-refractivity contribution in [1.29, 1.82) is 0 Å². The summed E-state index contributed by atoms with van der Waals surface area (Å²) in [5.74, 6) is 0.695. The van der Waals surface area contributed by atoms with Crippen LogP contribution in [0.15, 0.2) is 41.0 Å². The standard InChI is InChI=1S/C14H14N6O2S2/c1-22-7-11-17-19-14(20(11)10-5-3-2-4-6-10)23-8-12(21)16-13-18-15-9-24-13/h2-6,9H,7-8H2,1H3,(H,16,18,21). The second kappa shape index (κ2) is 7.99. The third kappa shape index (κ3) is 3.96. The number of benzene rings is 1. The van der Waals surface area contributed by atoms with Gasteiger partial charge in [0.2, 0.25) is 11.0 Å². The first-order chi connectivity index (χ1) is 11.8. The van der Waals surface area contributed by atoms with Gasteiger partial charge in [0.25, 0.3) is 0 Å². The molecule has 2 heterocycles. The van der Waals surface area contributed by atoms with Crippen LogP contribution in [0.1, 0.15) is 5.82 Å². The van der Waals surface area contributed by atoms with Gasteiger partial charge in [0.15, 0.2) is 11.0 Å². The molecule has 0 bridgehead atoms. The van der Waals surface area contributed by atoms with Crippen LogP contribution in [0.3, 0.4) is 0 Å². The molecule has 0 unspecified atom stereocenters. The molecule has 0 aliphatic rings. The number of amides is 1. The third-order valence-corrected chi connectivity index (χ3v) is 4.46. The Morgan fingerprint density at radius 3 is 2.83 bits per heavy atom. The summed E-state index contributed by atoms with van der Waals surface area (Å²) in [6.07, 6.45) is 0. The van der Waals surface area contributed by atoms with Crippen LogP contribution >= 0.6 is 23.1 Å². The lowest BCUT2D eigenvalue weighted by molar-refractivity contribution is -0.113. The molecule has 0 aliphatic heterocycles. The normalized spacial score (nSPS) is 10.7. The summed E-state index contributed by atoms with van der Waals surface area (Å²) in [7, 11) is 1.60. The maximum absolute atomic E-state index is 12.0. The molecule has 10 heteroatoms. The monoisotopic (exact) mass is 362 g/mol. The lowest BCUT2D eigenvalue weighted by Crippen LogP contribution is -2.14. The van der Waals surface area contributed by atoms with E-state index in [9.17, 15) is 4.79 Å². The van der Waals surface area contributed by atoms with Crippen molar-refractivity contribution < 1.29 is 9.53 Å². The van der Waals surface area contributed by atoms with Crippen LogP contribution in [-0.4, -0.2) is 43.7 Å². The molecule has 24 heavy (non-hydrogen) atoms. The molecule has 0 atom stereocenters. The predicted octanol–water partition coefficient (Wildman–Crippen LogP) is 2.00. The smallest absolute Gasteiger partial charge is 0.236 e. The molecule has 0 aliphatic carbocycles. The van der Waals surface area contributed by atoms with Gasteiger partial charge in [-0.25, -0.2) is 0 Å². The number of methoxy groups -OCH3 is 1. The lowest BCUT2D eigenvalue weighted by atomic mass is 10.3. The molecular weight excluding hydrogens is 348 g/mol. The van der Waals surface area contributed by atoms with Gasteiger partial charge in [-0.1, -0.05) is 41.3 Å². The van der Waals surface area contributed by atoms with E-state index in [1.165, 1.54) is 23.1 Å². The Labute approximate surface area is 146 Å². The second-order valence-electron chi connectivity index (χ2n) is 4.58. The van der Waals surface area contributed by atoms with Crippen molar-refractivity contribution in [1.82, 2.24) is 25.0 Å². The summed E-state index contributed by atoms with van der Waals surface area (Å²) >= 11 is 2.57. The number of anilines is 1. The Kier molecular flexibility index (Phi) is 5.51. The molecule has 0 radical (unpaired) electrons. The number of aromatic nitrogens is 5. The van der Waals surface area contributed by atoms with Crippen LogP contribution < -0.4 is 5.32 Å². The number of para-hydroxylation sites is 1. The Morgan fingerprint density at radius 2 is 2.12 bits per heavy atom. The van der Waals surface area contributed by atoms with Gasteiger partial charge in [0, 0.05) is 12.8 Å². The molecule has 0 saturated heterocycles. The van der Waals surface area contributed by atoms with Crippen molar-refractivity contribution in [2.24, 2.45) is 0 Å². The van der Waals surface area contributed by atoms with Gasteiger partial charge < -0.3 is 4.74 Å². The third-order valence-electron chi connectivity index (χ3n) is 2.93. The van der Waals surface area contributed by atoms with Crippen molar-refractivity contribution in [2.75, 3.05) is 18.2 Å². The Balaban J connectivity index is 1.74.